The summed E-state index contributed by atoms with van der Waals surface area (Å²) in [5.74, 6) is 0.866. The summed E-state index contributed by atoms with van der Waals surface area (Å²) >= 11 is 0. The van der Waals surface area contributed by atoms with Gasteiger partial charge in [0, 0.05) is 13.2 Å². The molecule has 0 radical (unpaired) electrons. The molecule has 2 rings (SSSR count). The van der Waals surface area contributed by atoms with Crippen LogP contribution in [-0.2, 0) is 0 Å². The number of hydrogen-bond acceptors (Lipinski definition) is 2. The normalized spacial score (nSPS) is 29.6. The largest absolute Gasteiger partial charge is 0.396 e. The van der Waals surface area contributed by atoms with E-state index in [1.165, 1.54) is 0 Å². The van der Waals surface area contributed by atoms with E-state index in [9.17, 15) is 0 Å². The van der Waals surface area contributed by atoms with Crippen LogP contribution in [0.25, 0.3) is 6.08 Å². The summed E-state index contributed by atoms with van der Waals surface area (Å²) in [6, 6.07) is 10.1. The maximum atomic E-state index is 9.03. The molecule has 0 aliphatic heterocycles. The van der Waals surface area contributed by atoms with Crippen LogP contribution in [0.1, 0.15) is 5.56 Å². The Hall–Kier alpha value is -1.12. The highest BCUT2D eigenvalue weighted by Crippen LogP contribution is 2.46. The second kappa shape index (κ2) is 4.60. The molecule has 2 N–H and O–H groups in total. The van der Waals surface area contributed by atoms with Crippen LogP contribution >= 0.6 is 0 Å². The molecule has 1 fully saturated rings. The minimum Gasteiger partial charge on any atom is -0.396 e. The molecule has 1 saturated carbocycles. The Morgan fingerprint density at radius 1 is 1.00 bits per heavy atom. The topological polar surface area (TPSA) is 40.5 Å². The highest BCUT2D eigenvalue weighted by atomic mass is 16.3. The van der Waals surface area contributed by atoms with E-state index in [0.29, 0.717) is 5.92 Å². The summed E-state index contributed by atoms with van der Waals surface area (Å²) in [6.07, 6.45) is 4.15. The van der Waals surface area contributed by atoms with Crippen molar-refractivity contribution >= 4 is 6.08 Å². The van der Waals surface area contributed by atoms with Gasteiger partial charge in [0.15, 0.2) is 0 Å². The molecule has 0 aromatic heterocycles. The van der Waals surface area contributed by atoms with E-state index >= 15 is 0 Å². The standard InChI is InChI=1S/C13H16O2/c14-8-12-11(13(12)9-15)7-6-10-4-2-1-3-5-10/h1-7,11-15H,8-9H2/b7-6+/t11?,12-,13+. The van der Waals surface area contributed by atoms with Gasteiger partial charge in [-0.05, 0) is 23.3 Å². The predicted molar refractivity (Wildman–Crippen MR) is 60.1 cm³/mol. The molecule has 1 aliphatic carbocycles. The fraction of sp³-hybridized carbons (Fsp3) is 0.385. The first-order valence-electron chi connectivity index (χ1n) is 5.31. The van der Waals surface area contributed by atoms with Gasteiger partial charge >= 0.3 is 0 Å². The van der Waals surface area contributed by atoms with Gasteiger partial charge in [0.1, 0.15) is 0 Å². The number of aliphatic hydroxyl groups is 2. The molecular weight excluding hydrogens is 188 g/mol. The lowest BCUT2D eigenvalue weighted by Crippen LogP contribution is -1.91. The van der Waals surface area contributed by atoms with E-state index in [2.05, 4.69) is 12.2 Å². The number of benzene rings is 1. The summed E-state index contributed by atoms with van der Waals surface area (Å²) in [4.78, 5) is 0. The minimum atomic E-state index is 0.176. The fourth-order valence-corrected chi connectivity index (χ4v) is 2.06. The van der Waals surface area contributed by atoms with Crippen LogP contribution in [0.3, 0.4) is 0 Å². The maximum absolute atomic E-state index is 9.03. The zero-order valence-electron chi connectivity index (χ0n) is 8.58. The lowest BCUT2D eigenvalue weighted by atomic mass is 10.2. The van der Waals surface area contributed by atoms with Gasteiger partial charge in [0.25, 0.3) is 0 Å². The van der Waals surface area contributed by atoms with Gasteiger partial charge < -0.3 is 10.2 Å². The molecule has 80 valence electrons. The molecule has 0 spiro atoms. The van der Waals surface area contributed by atoms with Gasteiger partial charge in [-0.15, -0.1) is 0 Å². The molecule has 15 heavy (non-hydrogen) atoms. The lowest BCUT2D eigenvalue weighted by molar-refractivity contribution is 0.232. The third-order valence-electron chi connectivity index (χ3n) is 3.13. The van der Waals surface area contributed by atoms with Gasteiger partial charge in [-0.1, -0.05) is 42.5 Å². The van der Waals surface area contributed by atoms with Crippen molar-refractivity contribution in [1.82, 2.24) is 0 Å². The first kappa shape index (κ1) is 10.4. The molecule has 0 saturated heterocycles. The number of aliphatic hydroxyl groups excluding tert-OH is 2. The average Bonchev–Trinajstić information content (AvgIpc) is 3.00. The van der Waals surface area contributed by atoms with Crippen LogP contribution in [0.5, 0.6) is 0 Å². The van der Waals surface area contributed by atoms with Crippen molar-refractivity contribution < 1.29 is 10.2 Å². The third-order valence-corrected chi connectivity index (χ3v) is 3.13. The molecule has 2 nitrogen and oxygen atoms in total. The van der Waals surface area contributed by atoms with Crippen LogP contribution in [0, 0.1) is 17.8 Å². The Kier molecular flexibility index (Phi) is 3.19. The Bertz CT molecular complexity index is 322. The van der Waals surface area contributed by atoms with Crippen LogP contribution in [0.4, 0.5) is 0 Å². The van der Waals surface area contributed by atoms with Crippen molar-refractivity contribution in [2.45, 2.75) is 0 Å². The van der Waals surface area contributed by atoms with E-state index in [4.69, 9.17) is 10.2 Å². The summed E-state index contributed by atoms with van der Waals surface area (Å²) in [7, 11) is 0. The molecule has 0 bridgehead atoms. The molecule has 0 amide bonds. The number of rotatable bonds is 4. The number of hydrogen-bond donors (Lipinski definition) is 2. The molecule has 3 atom stereocenters. The quantitative estimate of drug-likeness (QED) is 0.781. The second-order valence-corrected chi connectivity index (χ2v) is 4.04. The lowest BCUT2D eigenvalue weighted by Gasteiger charge is -1.91. The van der Waals surface area contributed by atoms with E-state index in [-0.39, 0.29) is 25.0 Å². The van der Waals surface area contributed by atoms with Gasteiger partial charge in [-0.2, -0.15) is 0 Å². The summed E-state index contributed by atoms with van der Waals surface area (Å²) in [6.45, 7) is 0.351. The smallest absolute Gasteiger partial charge is 0.0468 e. The Morgan fingerprint density at radius 3 is 2.13 bits per heavy atom. The summed E-state index contributed by atoms with van der Waals surface area (Å²) < 4.78 is 0. The first-order chi connectivity index (χ1) is 7.36. The molecule has 0 heterocycles. The maximum Gasteiger partial charge on any atom is 0.0468 e. The Balaban J connectivity index is 1.96. The van der Waals surface area contributed by atoms with Gasteiger partial charge in [-0.25, -0.2) is 0 Å². The van der Waals surface area contributed by atoms with Gasteiger partial charge in [0.2, 0.25) is 0 Å². The fourth-order valence-electron chi connectivity index (χ4n) is 2.06. The molecule has 2 heteroatoms. The van der Waals surface area contributed by atoms with Crippen molar-refractivity contribution in [2.24, 2.45) is 17.8 Å². The van der Waals surface area contributed by atoms with Crippen molar-refractivity contribution in [3.05, 3.63) is 42.0 Å². The van der Waals surface area contributed by atoms with Crippen molar-refractivity contribution in [3.63, 3.8) is 0 Å². The van der Waals surface area contributed by atoms with Gasteiger partial charge in [-0.3, -0.25) is 0 Å². The zero-order valence-corrected chi connectivity index (χ0v) is 8.58. The minimum absolute atomic E-state index is 0.176. The zero-order chi connectivity index (χ0) is 10.7. The highest BCUT2D eigenvalue weighted by Gasteiger charge is 2.46. The van der Waals surface area contributed by atoms with Crippen LogP contribution in [0.2, 0.25) is 0 Å². The molecular formula is C13H16O2. The highest BCUT2D eigenvalue weighted by molar-refractivity contribution is 5.49. The van der Waals surface area contributed by atoms with E-state index in [0.717, 1.165) is 5.56 Å². The second-order valence-electron chi connectivity index (χ2n) is 4.04. The monoisotopic (exact) mass is 204 g/mol. The molecule has 1 aromatic rings. The van der Waals surface area contributed by atoms with E-state index in [1.54, 1.807) is 0 Å². The Labute approximate surface area is 89.9 Å². The van der Waals surface area contributed by atoms with Crippen molar-refractivity contribution in [3.8, 4) is 0 Å². The van der Waals surface area contributed by atoms with Crippen molar-refractivity contribution in [2.75, 3.05) is 13.2 Å². The first-order valence-corrected chi connectivity index (χ1v) is 5.31. The Morgan fingerprint density at radius 2 is 1.60 bits per heavy atom. The molecule has 1 aliphatic rings. The third kappa shape index (κ3) is 2.28. The van der Waals surface area contributed by atoms with Crippen LogP contribution < -0.4 is 0 Å². The predicted octanol–water partition coefficient (Wildman–Crippen LogP) is 1.55. The van der Waals surface area contributed by atoms with E-state index < -0.39 is 0 Å². The van der Waals surface area contributed by atoms with E-state index in [1.807, 2.05) is 30.3 Å². The SMILES string of the molecule is OC[C@@H]1C(/C=C/c2ccccc2)[C@@H]1CO. The van der Waals surface area contributed by atoms with Gasteiger partial charge in [0.05, 0.1) is 0 Å². The van der Waals surface area contributed by atoms with Crippen molar-refractivity contribution in [1.29, 1.82) is 0 Å². The average molecular weight is 204 g/mol. The van der Waals surface area contributed by atoms with Crippen LogP contribution in [-0.4, -0.2) is 23.4 Å². The molecule has 1 aromatic carbocycles. The summed E-state index contributed by atoms with van der Waals surface area (Å²) in [5.41, 5.74) is 1.16. The summed E-state index contributed by atoms with van der Waals surface area (Å²) in [5, 5.41) is 18.1. The molecule has 1 unspecified atom stereocenters. The van der Waals surface area contributed by atoms with Crippen LogP contribution in [0.15, 0.2) is 36.4 Å². The number of allylic oxidation sites excluding steroid dienone is 1.